The second-order valence-electron chi connectivity index (χ2n) is 26.4. The molecule has 1 N–H and O–H groups in total. The summed E-state index contributed by atoms with van der Waals surface area (Å²) in [6, 6.07) is 0. The van der Waals surface area contributed by atoms with Crippen molar-refractivity contribution in [3.05, 3.63) is 259 Å². The molecule has 0 aromatic carbocycles. The first-order valence-electron chi connectivity index (χ1n) is 30.4. The van der Waals surface area contributed by atoms with Gasteiger partial charge in [0.1, 0.15) is 6.10 Å². The van der Waals surface area contributed by atoms with Gasteiger partial charge >= 0.3 is 0 Å². The Bertz CT molecular complexity index is 3390. The molecule has 0 bridgehead atoms. The Morgan fingerprint density at radius 2 is 0.523 bits per heavy atom. The number of ketones is 7. The quantitative estimate of drug-likeness (QED) is 0.0939. The first-order valence-corrected chi connectivity index (χ1v) is 30.4. The smallest absolute Gasteiger partial charge is 0.224 e. The fraction of sp³-hybridized carbons (Fsp3) is 0.362. The van der Waals surface area contributed by atoms with E-state index in [1.807, 2.05) is 261 Å². The molecule has 466 valence electrons. The Balaban J connectivity index is 0.000000460. The van der Waals surface area contributed by atoms with Crippen LogP contribution in [-0.4, -0.2) is 51.7 Å². The summed E-state index contributed by atoms with van der Waals surface area (Å²) in [5, 5.41) is 10.0. The summed E-state index contributed by atoms with van der Waals surface area (Å²) in [6.45, 7) is 39.4. The number of allylic oxidation sites excluding steroid dienone is 43. The van der Waals surface area contributed by atoms with Crippen molar-refractivity contribution in [1.29, 1.82) is 0 Å². The van der Waals surface area contributed by atoms with Crippen LogP contribution in [-0.2, 0) is 33.6 Å². The topological polar surface area (TPSA) is 140 Å². The summed E-state index contributed by atoms with van der Waals surface area (Å²) < 4.78 is 0. The van der Waals surface area contributed by atoms with E-state index in [1.54, 1.807) is 27.7 Å². The van der Waals surface area contributed by atoms with Crippen molar-refractivity contribution in [3.8, 4) is 0 Å². The van der Waals surface area contributed by atoms with Gasteiger partial charge in [-0.2, -0.15) is 0 Å². The molecule has 8 nitrogen and oxygen atoms in total. The molecule has 4 aliphatic rings. The Morgan fingerprint density at radius 3 is 0.761 bits per heavy atom. The summed E-state index contributed by atoms with van der Waals surface area (Å²) in [6.07, 6.45) is 56.6. The fourth-order valence-corrected chi connectivity index (χ4v) is 10.8. The molecule has 1 unspecified atom stereocenters. The third-order valence-corrected chi connectivity index (χ3v) is 16.1. The van der Waals surface area contributed by atoms with Crippen LogP contribution in [0.1, 0.15) is 164 Å². The lowest BCUT2D eigenvalue weighted by Gasteiger charge is -2.34. The van der Waals surface area contributed by atoms with Gasteiger partial charge in [-0.05, 0) is 139 Å². The molecule has 0 radical (unpaired) electrons. The highest BCUT2D eigenvalue weighted by atomic mass is 16.3. The van der Waals surface area contributed by atoms with E-state index in [0.29, 0.717) is 28.7 Å². The molecule has 0 aromatic rings. The number of rotatable bonds is 20. The summed E-state index contributed by atoms with van der Waals surface area (Å²) in [5.41, 5.74) is 13.4. The second-order valence-corrected chi connectivity index (χ2v) is 26.4. The average molecular weight is 1190 g/mol. The average Bonchev–Trinajstić information content (AvgIpc) is 2.48. The van der Waals surface area contributed by atoms with Gasteiger partial charge in [-0.15, -0.1) is 0 Å². The molecule has 0 saturated carbocycles. The third kappa shape index (κ3) is 22.9. The molecule has 0 amide bonds. The van der Waals surface area contributed by atoms with E-state index in [1.165, 1.54) is 0 Å². The molecule has 0 spiro atoms. The number of Topliss-reactive ketones (excluding diaryl/α,β-unsaturated/α-hetero) is 7. The normalized spacial score (nSPS) is 22.1. The van der Waals surface area contributed by atoms with Crippen LogP contribution in [0.25, 0.3) is 0 Å². The summed E-state index contributed by atoms with van der Waals surface area (Å²) in [5.74, 6) is -2.21. The second kappa shape index (κ2) is 33.3. The van der Waals surface area contributed by atoms with Gasteiger partial charge in [0, 0.05) is 36.0 Å². The molecule has 0 aliphatic heterocycles. The van der Waals surface area contributed by atoms with Crippen molar-refractivity contribution in [3.63, 3.8) is 0 Å². The minimum absolute atomic E-state index is 0.177. The van der Waals surface area contributed by atoms with Crippen molar-refractivity contribution < 1.29 is 38.7 Å². The maximum Gasteiger partial charge on any atom is 0.224 e. The highest BCUT2D eigenvalue weighted by molar-refractivity contribution is 6.45. The number of hydrogen-bond acceptors (Lipinski definition) is 8. The van der Waals surface area contributed by atoms with Gasteiger partial charge < -0.3 is 5.11 Å². The molecular weight excluding hydrogens is 1090 g/mol. The fourth-order valence-electron chi connectivity index (χ4n) is 10.8. The standard InChI is InChI=1S/C40H50O4.C40H48O4/c2*1-27(17-13-19-29(3)21-23-33-31(5)37(43)35(41)25-39(33,7)8)15-11-12-16-28(2)18-14-20-30(4)22-24-34-32(6)38(44)36(42)26-40(34,9)10/h11-24,35,41H,25-26H2,1-10H3;11-24H,25-26H2,1-10H3/b2*12-11+,17-13+,18-14+,23-21+,24-22+,27-15+,28-16+,29-19+,30-20+. The van der Waals surface area contributed by atoms with Crippen LogP contribution in [0.2, 0.25) is 0 Å². The third-order valence-electron chi connectivity index (χ3n) is 16.1. The highest BCUT2D eigenvalue weighted by Crippen LogP contribution is 2.42. The lowest BCUT2D eigenvalue weighted by Crippen LogP contribution is -2.35. The lowest BCUT2D eigenvalue weighted by molar-refractivity contribution is -0.136. The van der Waals surface area contributed by atoms with Crippen molar-refractivity contribution in [2.45, 2.75) is 170 Å². The molecule has 4 aliphatic carbocycles. The van der Waals surface area contributed by atoms with Crippen molar-refractivity contribution >= 4 is 40.5 Å². The highest BCUT2D eigenvalue weighted by Gasteiger charge is 2.39. The van der Waals surface area contributed by atoms with E-state index < -0.39 is 6.10 Å². The molecule has 1 atom stereocenters. The number of aliphatic hydroxyl groups is 1. The first kappa shape index (κ1) is 74.2. The van der Waals surface area contributed by atoms with Gasteiger partial charge in [-0.3, -0.25) is 33.6 Å². The summed E-state index contributed by atoms with van der Waals surface area (Å²) >= 11 is 0. The van der Waals surface area contributed by atoms with E-state index in [4.69, 9.17) is 0 Å². The van der Waals surface area contributed by atoms with Gasteiger partial charge in [-0.25, -0.2) is 0 Å². The van der Waals surface area contributed by atoms with Crippen molar-refractivity contribution in [1.82, 2.24) is 0 Å². The molecule has 8 heteroatoms. The molecule has 0 saturated heterocycles. The number of carbonyl (C=O) groups is 7. The van der Waals surface area contributed by atoms with E-state index in [0.717, 1.165) is 66.9 Å². The monoisotopic (exact) mass is 1190 g/mol. The molecule has 4 rings (SSSR count). The largest absolute Gasteiger partial charge is 0.385 e. The van der Waals surface area contributed by atoms with Crippen LogP contribution in [0, 0.1) is 21.7 Å². The predicted octanol–water partition coefficient (Wildman–Crippen LogP) is 18.4. The van der Waals surface area contributed by atoms with E-state index in [-0.39, 0.29) is 81.4 Å². The van der Waals surface area contributed by atoms with Crippen LogP contribution in [0.15, 0.2) is 259 Å². The molecule has 0 fully saturated rings. The molecule has 88 heavy (non-hydrogen) atoms. The van der Waals surface area contributed by atoms with E-state index >= 15 is 0 Å². The first-order chi connectivity index (χ1) is 40.9. The number of aliphatic hydroxyl groups excluding tert-OH is 1. The van der Waals surface area contributed by atoms with Gasteiger partial charge in [-0.1, -0.05) is 270 Å². The number of hydrogen-bond donors (Lipinski definition) is 1. The van der Waals surface area contributed by atoms with Crippen LogP contribution in [0.4, 0.5) is 0 Å². The molecule has 0 heterocycles. The van der Waals surface area contributed by atoms with Gasteiger partial charge in [0.2, 0.25) is 34.7 Å². The Morgan fingerprint density at radius 1 is 0.318 bits per heavy atom. The Kier molecular flexibility index (Phi) is 28.1. The summed E-state index contributed by atoms with van der Waals surface area (Å²) in [7, 11) is 0. The van der Waals surface area contributed by atoms with Gasteiger partial charge in [0.05, 0.1) is 0 Å². The van der Waals surface area contributed by atoms with E-state index in [9.17, 15) is 38.7 Å². The van der Waals surface area contributed by atoms with Crippen molar-refractivity contribution in [2.24, 2.45) is 21.7 Å². The number of carbonyl (C=O) groups excluding carboxylic acids is 7. The van der Waals surface area contributed by atoms with Crippen LogP contribution in [0.5, 0.6) is 0 Å². The van der Waals surface area contributed by atoms with E-state index in [2.05, 4.69) is 19.9 Å². The maximum absolute atomic E-state index is 12.2. The zero-order chi connectivity index (χ0) is 66.5. The zero-order valence-corrected chi connectivity index (χ0v) is 56.4. The Hall–Kier alpha value is -8.07. The van der Waals surface area contributed by atoms with Crippen LogP contribution < -0.4 is 0 Å². The maximum atomic E-state index is 12.2. The lowest BCUT2D eigenvalue weighted by atomic mass is 9.71. The summed E-state index contributed by atoms with van der Waals surface area (Å²) in [4.78, 5) is 84.4. The zero-order valence-electron chi connectivity index (χ0n) is 56.4. The minimum Gasteiger partial charge on any atom is -0.385 e. The predicted molar refractivity (Wildman–Crippen MR) is 367 cm³/mol. The molecular formula is C80H98O8. The minimum atomic E-state index is -0.908. The molecule has 0 aromatic heterocycles. The Labute approximate surface area is 527 Å². The van der Waals surface area contributed by atoms with Gasteiger partial charge in [0.25, 0.3) is 0 Å². The van der Waals surface area contributed by atoms with Gasteiger partial charge in [0.15, 0.2) is 5.78 Å². The SMILES string of the molecule is CC1=C(/C=C/C(C)=C/C=C/C(C)=C/C=C/C=C(C)/C=C/C=C(C)/C=C/C2=C(C)C(=O)C(=O)CC2(C)C)C(C)(C)CC(=O)C1=O.CC1=C(/C=C/C(C)=C/C=C/C(C)=C/C=C/C=C(C)/C=C/C=C(C)/C=C/C2=C(C)C(=O)C(O)CC2(C)C)C(C)(C)CC(=O)C1=O. The van der Waals surface area contributed by atoms with Crippen molar-refractivity contribution in [2.75, 3.05) is 0 Å². The van der Waals surface area contributed by atoms with Crippen LogP contribution in [0.3, 0.4) is 0 Å². The van der Waals surface area contributed by atoms with Crippen LogP contribution >= 0.6 is 0 Å².